The number of nitrogens with two attached hydrogens (primary N) is 1. The quantitative estimate of drug-likeness (QED) is 0.856. The fourth-order valence-electron chi connectivity index (χ4n) is 1.66. The van der Waals surface area contributed by atoms with Gasteiger partial charge in [0.1, 0.15) is 11.5 Å². The first-order valence-electron chi connectivity index (χ1n) is 5.51. The van der Waals surface area contributed by atoms with E-state index < -0.39 is 0 Å². The standard InChI is InChI=1S/C12H17N3S/c1-8(13)5-6-11-14-9(2)12(15-11)10-4-3-7-16-10/h3-4,7-8H,5-6,13H2,1-2H3,(H,14,15). The van der Waals surface area contributed by atoms with Crippen LogP contribution >= 0.6 is 11.3 Å². The van der Waals surface area contributed by atoms with Crippen LogP contribution in [0.3, 0.4) is 0 Å². The maximum absolute atomic E-state index is 5.74. The van der Waals surface area contributed by atoms with Crippen LogP contribution in [0.1, 0.15) is 24.9 Å². The Bertz CT molecular complexity index is 443. The molecule has 0 saturated heterocycles. The van der Waals surface area contributed by atoms with Gasteiger partial charge >= 0.3 is 0 Å². The van der Waals surface area contributed by atoms with E-state index in [2.05, 4.69) is 34.4 Å². The van der Waals surface area contributed by atoms with Crippen molar-refractivity contribution in [1.82, 2.24) is 9.97 Å². The van der Waals surface area contributed by atoms with Gasteiger partial charge in [-0.15, -0.1) is 11.3 Å². The van der Waals surface area contributed by atoms with Gasteiger partial charge in [-0.2, -0.15) is 0 Å². The van der Waals surface area contributed by atoms with Crippen molar-refractivity contribution in [3.8, 4) is 10.6 Å². The highest BCUT2D eigenvalue weighted by Crippen LogP contribution is 2.25. The average molecular weight is 235 g/mol. The number of aromatic amines is 1. The smallest absolute Gasteiger partial charge is 0.107 e. The average Bonchev–Trinajstić information content (AvgIpc) is 2.83. The molecule has 86 valence electrons. The van der Waals surface area contributed by atoms with Crippen LogP contribution in [0, 0.1) is 6.92 Å². The zero-order valence-electron chi connectivity index (χ0n) is 9.66. The number of thiophene rings is 1. The summed E-state index contributed by atoms with van der Waals surface area (Å²) in [6.45, 7) is 4.09. The maximum atomic E-state index is 5.74. The van der Waals surface area contributed by atoms with Crippen LogP contribution in [0.2, 0.25) is 0 Å². The van der Waals surface area contributed by atoms with Crippen LogP contribution in [0.4, 0.5) is 0 Å². The first-order chi connectivity index (χ1) is 7.66. The Morgan fingerprint density at radius 1 is 1.56 bits per heavy atom. The summed E-state index contributed by atoms with van der Waals surface area (Å²) in [6, 6.07) is 4.38. The van der Waals surface area contributed by atoms with Crippen molar-refractivity contribution in [2.45, 2.75) is 32.7 Å². The molecule has 0 aliphatic rings. The van der Waals surface area contributed by atoms with E-state index in [9.17, 15) is 0 Å². The molecular formula is C12H17N3S. The lowest BCUT2D eigenvalue weighted by Crippen LogP contribution is -2.15. The molecule has 2 heterocycles. The van der Waals surface area contributed by atoms with Gasteiger partial charge in [0.25, 0.3) is 0 Å². The molecule has 1 unspecified atom stereocenters. The summed E-state index contributed by atoms with van der Waals surface area (Å²) in [7, 11) is 0. The van der Waals surface area contributed by atoms with E-state index in [1.54, 1.807) is 11.3 Å². The monoisotopic (exact) mass is 235 g/mol. The lowest BCUT2D eigenvalue weighted by Gasteiger charge is -2.00. The maximum Gasteiger partial charge on any atom is 0.107 e. The molecule has 0 amide bonds. The molecule has 0 bridgehead atoms. The molecule has 0 aromatic carbocycles. The van der Waals surface area contributed by atoms with Gasteiger partial charge in [-0.1, -0.05) is 6.07 Å². The van der Waals surface area contributed by atoms with Crippen molar-refractivity contribution in [2.24, 2.45) is 5.73 Å². The second-order valence-corrected chi connectivity index (χ2v) is 5.10. The fraction of sp³-hybridized carbons (Fsp3) is 0.417. The minimum atomic E-state index is 0.232. The van der Waals surface area contributed by atoms with Crippen molar-refractivity contribution < 1.29 is 0 Å². The molecule has 0 saturated carbocycles. The van der Waals surface area contributed by atoms with E-state index >= 15 is 0 Å². The number of H-pyrrole nitrogens is 1. The van der Waals surface area contributed by atoms with Gasteiger partial charge in [0.15, 0.2) is 0 Å². The Morgan fingerprint density at radius 3 is 3.00 bits per heavy atom. The summed E-state index contributed by atoms with van der Waals surface area (Å²) in [5.74, 6) is 1.04. The minimum Gasteiger partial charge on any atom is -0.346 e. The summed E-state index contributed by atoms with van der Waals surface area (Å²) in [5, 5.41) is 2.07. The van der Waals surface area contributed by atoms with Gasteiger partial charge in [-0.25, -0.2) is 4.98 Å². The first kappa shape index (κ1) is 11.4. The largest absolute Gasteiger partial charge is 0.346 e. The highest BCUT2D eigenvalue weighted by Gasteiger charge is 2.09. The zero-order valence-corrected chi connectivity index (χ0v) is 10.5. The van der Waals surface area contributed by atoms with Gasteiger partial charge in [0.2, 0.25) is 0 Å². The Morgan fingerprint density at radius 2 is 2.38 bits per heavy atom. The van der Waals surface area contributed by atoms with Crippen molar-refractivity contribution in [3.63, 3.8) is 0 Å². The van der Waals surface area contributed by atoms with Crippen LogP contribution in [-0.4, -0.2) is 16.0 Å². The lowest BCUT2D eigenvalue weighted by molar-refractivity contribution is 0.651. The first-order valence-corrected chi connectivity index (χ1v) is 6.39. The molecule has 1 atom stereocenters. The number of aryl methyl sites for hydroxylation is 2. The van der Waals surface area contributed by atoms with Crippen molar-refractivity contribution in [3.05, 3.63) is 29.0 Å². The molecule has 2 rings (SSSR count). The van der Waals surface area contributed by atoms with Gasteiger partial charge in [0, 0.05) is 18.2 Å². The van der Waals surface area contributed by atoms with Crippen molar-refractivity contribution in [2.75, 3.05) is 0 Å². The van der Waals surface area contributed by atoms with E-state index in [1.807, 2.05) is 6.92 Å². The van der Waals surface area contributed by atoms with Crippen molar-refractivity contribution in [1.29, 1.82) is 0 Å². The third-order valence-electron chi connectivity index (χ3n) is 2.52. The minimum absolute atomic E-state index is 0.232. The van der Waals surface area contributed by atoms with Gasteiger partial charge < -0.3 is 10.7 Å². The third-order valence-corrected chi connectivity index (χ3v) is 3.40. The van der Waals surface area contributed by atoms with Crippen LogP contribution < -0.4 is 5.73 Å². The number of rotatable bonds is 4. The highest BCUT2D eigenvalue weighted by atomic mass is 32.1. The highest BCUT2D eigenvalue weighted by molar-refractivity contribution is 7.13. The molecule has 3 N–H and O–H groups in total. The second kappa shape index (κ2) is 4.80. The molecule has 0 spiro atoms. The number of hydrogen-bond acceptors (Lipinski definition) is 3. The molecule has 0 aliphatic heterocycles. The number of nitrogens with zero attached hydrogens (tertiary/aromatic N) is 1. The molecule has 4 heteroatoms. The van der Waals surface area contributed by atoms with Crippen LogP contribution in [-0.2, 0) is 6.42 Å². The zero-order chi connectivity index (χ0) is 11.5. The van der Waals surface area contributed by atoms with Crippen molar-refractivity contribution >= 4 is 11.3 Å². The fourth-order valence-corrected chi connectivity index (χ4v) is 2.43. The number of hydrogen-bond donors (Lipinski definition) is 2. The lowest BCUT2D eigenvalue weighted by atomic mass is 10.2. The van der Waals surface area contributed by atoms with Gasteiger partial charge in [0.05, 0.1) is 4.88 Å². The molecule has 2 aromatic heterocycles. The molecule has 2 aromatic rings. The van der Waals surface area contributed by atoms with E-state index in [4.69, 9.17) is 5.73 Å². The molecule has 0 fully saturated rings. The Hall–Kier alpha value is -1.13. The normalized spacial score (nSPS) is 12.9. The van der Waals surface area contributed by atoms with Crippen LogP contribution in [0.15, 0.2) is 17.5 Å². The van der Waals surface area contributed by atoms with Crippen LogP contribution in [0.5, 0.6) is 0 Å². The Labute approximate surface area is 99.7 Å². The summed E-state index contributed by atoms with van der Waals surface area (Å²) in [6.07, 6.45) is 1.89. The molecule has 0 aliphatic carbocycles. The predicted octanol–water partition coefficient (Wildman–Crippen LogP) is 2.73. The number of imidazole rings is 1. The molecular weight excluding hydrogens is 218 g/mol. The second-order valence-electron chi connectivity index (χ2n) is 4.15. The molecule has 3 nitrogen and oxygen atoms in total. The number of aromatic nitrogens is 2. The Balaban J connectivity index is 2.16. The summed E-state index contributed by atoms with van der Waals surface area (Å²) in [5.41, 5.74) is 7.96. The van der Waals surface area contributed by atoms with E-state index in [1.165, 1.54) is 4.88 Å². The Kier molecular flexibility index (Phi) is 3.41. The van der Waals surface area contributed by atoms with Crippen LogP contribution in [0.25, 0.3) is 10.6 Å². The van der Waals surface area contributed by atoms with E-state index in [0.29, 0.717) is 0 Å². The summed E-state index contributed by atoms with van der Waals surface area (Å²) >= 11 is 1.72. The van der Waals surface area contributed by atoms with E-state index in [0.717, 1.165) is 30.1 Å². The summed E-state index contributed by atoms with van der Waals surface area (Å²) < 4.78 is 0. The third kappa shape index (κ3) is 2.51. The molecule has 0 radical (unpaired) electrons. The topological polar surface area (TPSA) is 54.7 Å². The SMILES string of the molecule is Cc1[nH]c(CCC(C)N)nc1-c1cccs1. The van der Waals surface area contributed by atoms with Gasteiger partial charge in [-0.05, 0) is 31.7 Å². The number of nitrogens with one attached hydrogen (secondary N) is 1. The summed E-state index contributed by atoms with van der Waals surface area (Å²) in [4.78, 5) is 9.17. The molecule has 16 heavy (non-hydrogen) atoms. The predicted molar refractivity (Wildman–Crippen MR) is 68.6 cm³/mol. The van der Waals surface area contributed by atoms with E-state index in [-0.39, 0.29) is 6.04 Å². The van der Waals surface area contributed by atoms with Gasteiger partial charge in [-0.3, -0.25) is 0 Å².